The summed E-state index contributed by atoms with van der Waals surface area (Å²) in [5.74, 6) is 2.29. The van der Waals surface area contributed by atoms with Crippen LogP contribution in [0.2, 0.25) is 0 Å². The van der Waals surface area contributed by atoms with Gasteiger partial charge in [-0.1, -0.05) is 50.2 Å². The molecule has 2 fully saturated rings. The third kappa shape index (κ3) is 5.50. The molecule has 1 aromatic heterocycles. The molecule has 2 saturated heterocycles. The van der Waals surface area contributed by atoms with E-state index in [9.17, 15) is 4.79 Å². The molecule has 1 aromatic carbocycles. The Labute approximate surface area is 190 Å². The van der Waals surface area contributed by atoms with Crippen LogP contribution < -0.4 is 0 Å². The number of thioether (sulfide) groups is 1. The monoisotopic (exact) mass is 441 g/mol. The first kappa shape index (κ1) is 22.3. The molecule has 0 N–H and O–H groups in total. The van der Waals surface area contributed by atoms with Crippen LogP contribution in [0.4, 0.5) is 0 Å². The number of para-hydroxylation sites is 1. The van der Waals surface area contributed by atoms with Crippen molar-refractivity contribution in [2.75, 3.05) is 26.2 Å². The van der Waals surface area contributed by atoms with Gasteiger partial charge in [-0.15, -0.1) is 10.2 Å². The van der Waals surface area contributed by atoms with E-state index in [1.807, 2.05) is 30.0 Å². The molecule has 0 aliphatic carbocycles. The molecule has 3 atom stereocenters. The number of carbonyl (C=O) groups excluding carboxylic acids is 1. The fraction of sp³-hybridized carbons (Fsp3) is 0.625. The number of piperidine rings is 2. The van der Waals surface area contributed by atoms with Crippen LogP contribution in [0.15, 0.2) is 35.5 Å². The third-order valence-corrected chi connectivity index (χ3v) is 7.37. The van der Waals surface area contributed by atoms with Crippen LogP contribution >= 0.6 is 11.8 Å². The Morgan fingerprint density at radius 2 is 1.74 bits per heavy atom. The molecule has 2 aromatic rings. The molecule has 4 rings (SSSR count). The highest BCUT2D eigenvalue weighted by molar-refractivity contribution is 8.00. The zero-order chi connectivity index (χ0) is 21.8. The average Bonchev–Trinajstić information content (AvgIpc) is 3.15. The molecule has 31 heavy (non-hydrogen) atoms. The van der Waals surface area contributed by atoms with Crippen molar-refractivity contribution >= 4 is 17.7 Å². The van der Waals surface area contributed by atoms with E-state index in [4.69, 9.17) is 0 Å². The Morgan fingerprint density at radius 3 is 2.42 bits per heavy atom. The number of hydrogen-bond acceptors (Lipinski definition) is 5. The molecule has 3 unspecified atom stereocenters. The zero-order valence-electron chi connectivity index (χ0n) is 19.0. The van der Waals surface area contributed by atoms with Crippen LogP contribution in [0.5, 0.6) is 0 Å². The number of aromatic nitrogens is 3. The van der Waals surface area contributed by atoms with Crippen LogP contribution in [-0.4, -0.2) is 61.9 Å². The van der Waals surface area contributed by atoms with E-state index in [2.05, 4.69) is 45.6 Å². The predicted molar refractivity (Wildman–Crippen MR) is 125 cm³/mol. The van der Waals surface area contributed by atoms with Gasteiger partial charge in [0.25, 0.3) is 0 Å². The minimum Gasteiger partial charge on any atom is -0.341 e. The van der Waals surface area contributed by atoms with E-state index in [1.54, 1.807) is 0 Å². The number of rotatable bonds is 6. The summed E-state index contributed by atoms with van der Waals surface area (Å²) in [6.45, 7) is 11.2. The molecule has 2 aliphatic heterocycles. The maximum absolute atomic E-state index is 13.2. The Kier molecular flexibility index (Phi) is 7.33. The first-order valence-electron chi connectivity index (χ1n) is 11.7. The van der Waals surface area contributed by atoms with Gasteiger partial charge in [-0.3, -0.25) is 14.3 Å². The molecule has 3 heterocycles. The van der Waals surface area contributed by atoms with Gasteiger partial charge >= 0.3 is 0 Å². The molecular formula is C24H35N5OS. The van der Waals surface area contributed by atoms with Crippen LogP contribution in [0.3, 0.4) is 0 Å². The van der Waals surface area contributed by atoms with Gasteiger partial charge in [0.15, 0.2) is 11.0 Å². The highest BCUT2D eigenvalue weighted by Crippen LogP contribution is 2.29. The molecule has 2 aliphatic rings. The SMILES string of the molecule is CC1CC(C)CN(C(=O)C(C)Sc2nnc(CN3CCCCC3)n2-c2ccccc2)C1. The van der Waals surface area contributed by atoms with Gasteiger partial charge in [-0.05, 0) is 63.2 Å². The second kappa shape index (κ2) is 10.2. The van der Waals surface area contributed by atoms with Gasteiger partial charge in [0.2, 0.25) is 5.91 Å². The molecule has 0 saturated carbocycles. The number of likely N-dealkylation sites (tertiary alicyclic amines) is 2. The summed E-state index contributed by atoms with van der Waals surface area (Å²) in [4.78, 5) is 17.7. The lowest BCUT2D eigenvalue weighted by Gasteiger charge is -2.36. The molecule has 0 spiro atoms. The topological polar surface area (TPSA) is 54.3 Å². The Balaban J connectivity index is 1.53. The lowest BCUT2D eigenvalue weighted by Crippen LogP contribution is -2.45. The van der Waals surface area contributed by atoms with E-state index in [-0.39, 0.29) is 11.2 Å². The van der Waals surface area contributed by atoms with Gasteiger partial charge in [0, 0.05) is 18.8 Å². The number of amides is 1. The normalized spacial score (nSPS) is 23.6. The highest BCUT2D eigenvalue weighted by Gasteiger charge is 2.30. The van der Waals surface area contributed by atoms with E-state index >= 15 is 0 Å². The van der Waals surface area contributed by atoms with E-state index in [0.717, 1.165) is 49.4 Å². The number of hydrogen-bond donors (Lipinski definition) is 0. The molecular weight excluding hydrogens is 406 g/mol. The predicted octanol–water partition coefficient (Wildman–Crippen LogP) is 4.24. The van der Waals surface area contributed by atoms with Crippen LogP contribution in [-0.2, 0) is 11.3 Å². The Hall–Kier alpha value is -1.86. The Morgan fingerprint density at radius 1 is 1.06 bits per heavy atom. The molecule has 0 radical (unpaired) electrons. The first-order valence-corrected chi connectivity index (χ1v) is 12.6. The van der Waals surface area contributed by atoms with Crippen molar-refractivity contribution in [3.8, 4) is 5.69 Å². The van der Waals surface area contributed by atoms with Gasteiger partial charge < -0.3 is 4.90 Å². The number of nitrogens with zero attached hydrogens (tertiary/aromatic N) is 5. The summed E-state index contributed by atoms with van der Waals surface area (Å²) >= 11 is 1.53. The van der Waals surface area contributed by atoms with Crippen molar-refractivity contribution in [2.45, 2.75) is 63.4 Å². The van der Waals surface area contributed by atoms with Crippen molar-refractivity contribution in [3.63, 3.8) is 0 Å². The van der Waals surface area contributed by atoms with Crippen LogP contribution in [0.25, 0.3) is 5.69 Å². The fourth-order valence-corrected chi connectivity index (χ4v) is 5.91. The quantitative estimate of drug-likeness (QED) is 0.628. The van der Waals surface area contributed by atoms with Crippen molar-refractivity contribution in [1.82, 2.24) is 24.6 Å². The summed E-state index contributed by atoms with van der Waals surface area (Å²) in [6.07, 6.45) is 5.02. The zero-order valence-corrected chi connectivity index (χ0v) is 19.9. The maximum Gasteiger partial charge on any atom is 0.235 e. The summed E-state index contributed by atoms with van der Waals surface area (Å²) in [6, 6.07) is 10.3. The smallest absolute Gasteiger partial charge is 0.235 e. The second-order valence-electron chi connectivity index (χ2n) is 9.36. The molecule has 168 valence electrons. The number of benzene rings is 1. The van der Waals surface area contributed by atoms with Crippen LogP contribution in [0.1, 0.15) is 52.3 Å². The first-order chi connectivity index (χ1) is 15.0. The van der Waals surface area contributed by atoms with Crippen molar-refractivity contribution in [2.24, 2.45) is 11.8 Å². The second-order valence-corrected chi connectivity index (χ2v) is 10.7. The van der Waals surface area contributed by atoms with Crippen molar-refractivity contribution in [1.29, 1.82) is 0 Å². The Bertz CT molecular complexity index is 854. The van der Waals surface area contributed by atoms with Gasteiger partial charge in [-0.2, -0.15) is 0 Å². The summed E-state index contributed by atoms with van der Waals surface area (Å²) in [7, 11) is 0. The molecule has 0 bridgehead atoms. The van der Waals surface area contributed by atoms with Crippen molar-refractivity contribution < 1.29 is 4.79 Å². The standard InChI is InChI=1S/C24H35N5OS/c1-18-14-19(2)16-28(15-18)23(30)20(3)31-24-26-25-22(17-27-12-8-5-9-13-27)29(24)21-10-6-4-7-11-21/h4,6-7,10-11,18-20H,5,8-9,12-17H2,1-3H3. The van der Waals surface area contributed by atoms with E-state index < -0.39 is 0 Å². The minimum atomic E-state index is -0.188. The van der Waals surface area contributed by atoms with Crippen LogP contribution in [0, 0.1) is 11.8 Å². The van der Waals surface area contributed by atoms with Crippen molar-refractivity contribution in [3.05, 3.63) is 36.2 Å². The lowest BCUT2D eigenvalue weighted by atomic mass is 9.92. The summed E-state index contributed by atoms with van der Waals surface area (Å²) in [5, 5.41) is 9.71. The molecule has 7 heteroatoms. The van der Waals surface area contributed by atoms with E-state index in [0.29, 0.717) is 11.8 Å². The highest BCUT2D eigenvalue weighted by atomic mass is 32.2. The lowest BCUT2D eigenvalue weighted by molar-refractivity contribution is -0.132. The molecule has 6 nitrogen and oxygen atoms in total. The summed E-state index contributed by atoms with van der Waals surface area (Å²) < 4.78 is 2.14. The number of carbonyl (C=O) groups is 1. The maximum atomic E-state index is 13.2. The minimum absolute atomic E-state index is 0.188. The van der Waals surface area contributed by atoms with Gasteiger partial charge in [0.1, 0.15) is 0 Å². The summed E-state index contributed by atoms with van der Waals surface area (Å²) in [5.41, 5.74) is 1.06. The molecule has 1 amide bonds. The average molecular weight is 442 g/mol. The largest absolute Gasteiger partial charge is 0.341 e. The fourth-order valence-electron chi connectivity index (χ4n) is 4.94. The van der Waals surface area contributed by atoms with E-state index in [1.165, 1.54) is 37.4 Å². The third-order valence-electron chi connectivity index (χ3n) is 6.34. The van der Waals surface area contributed by atoms with Gasteiger partial charge in [-0.25, -0.2) is 0 Å². The van der Waals surface area contributed by atoms with Gasteiger partial charge in [0.05, 0.1) is 11.8 Å².